The van der Waals surface area contributed by atoms with Crippen LogP contribution in [0.15, 0.2) is 36.7 Å². The van der Waals surface area contributed by atoms with E-state index in [1.54, 1.807) is 12.1 Å². The van der Waals surface area contributed by atoms with E-state index in [0.29, 0.717) is 5.95 Å². The first-order valence-corrected chi connectivity index (χ1v) is 10.4. The lowest BCUT2D eigenvalue weighted by Gasteiger charge is -2.33. The first-order chi connectivity index (χ1) is 14.4. The predicted octanol–water partition coefficient (Wildman–Crippen LogP) is 3.77. The number of halogens is 1. The van der Waals surface area contributed by atoms with Crippen LogP contribution in [0.2, 0.25) is 0 Å². The minimum absolute atomic E-state index is 0.243. The molecule has 6 nitrogen and oxygen atoms in total. The number of anilines is 1. The summed E-state index contributed by atoms with van der Waals surface area (Å²) in [6.07, 6.45) is 6.12. The Morgan fingerprint density at radius 1 is 1.27 bits per heavy atom. The van der Waals surface area contributed by atoms with Crippen molar-refractivity contribution >= 4 is 5.95 Å². The molecule has 0 spiro atoms. The number of hydrogen-bond acceptors (Lipinski definition) is 5. The number of aromatic nitrogens is 4. The van der Waals surface area contributed by atoms with Crippen molar-refractivity contribution in [2.24, 2.45) is 7.05 Å². The number of piperidine rings is 1. The molecule has 0 aliphatic carbocycles. The maximum atomic E-state index is 13.9. The van der Waals surface area contributed by atoms with Crippen molar-refractivity contribution in [3.05, 3.63) is 59.4 Å². The highest BCUT2D eigenvalue weighted by molar-refractivity contribution is 5.66. The summed E-state index contributed by atoms with van der Waals surface area (Å²) in [6, 6.07) is 6.71. The average molecular weight is 409 g/mol. The van der Waals surface area contributed by atoms with E-state index in [1.807, 2.05) is 43.0 Å². The molecule has 0 radical (unpaired) electrons. The Labute approximate surface area is 177 Å². The third-order valence-electron chi connectivity index (χ3n) is 5.74. The second-order valence-corrected chi connectivity index (χ2v) is 8.36. The van der Waals surface area contributed by atoms with Crippen molar-refractivity contribution in [2.45, 2.75) is 32.2 Å². The van der Waals surface area contributed by atoms with E-state index in [2.05, 4.69) is 28.1 Å². The largest absolute Gasteiger partial charge is 0.347 e. The van der Waals surface area contributed by atoms with Gasteiger partial charge in [0.25, 0.3) is 0 Å². The summed E-state index contributed by atoms with van der Waals surface area (Å²) < 4.78 is 15.8. The van der Waals surface area contributed by atoms with E-state index in [1.165, 1.54) is 11.6 Å². The fourth-order valence-corrected chi connectivity index (χ4v) is 4.26. The van der Waals surface area contributed by atoms with Crippen LogP contribution >= 0.6 is 0 Å². The molecular weight excluding hydrogens is 379 g/mol. The minimum Gasteiger partial charge on any atom is -0.347 e. The number of likely N-dealkylation sites (tertiary alicyclic amines) is 1. The lowest BCUT2D eigenvalue weighted by Crippen LogP contribution is -2.34. The van der Waals surface area contributed by atoms with Gasteiger partial charge in [0.05, 0.1) is 11.4 Å². The van der Waals surface area contributed by atoms with E-state index in [0.717, 1.165) is 55.0 Å². The SMILES string of the molecule is Cc1nn(C)cc1CN1CCC[C@H](c2nc(N(C)C)ncc2-c2cccc(F)c2)C1. The zero-order valence-corrected chi connectivity index (χ0v) is 18.1. The van der Waals surface area contributed by atoms with Crippen molar-refractivity contribution in [1.82, 2.24) is 24.6 Å². The normalized spacial score (nSPS) is 17.3. The standard InChI is InChI=1S/C23H29FN6/c1-16-19(13-29(4)27-16)15-30-10-6-8-18(14-30)22-21(12-25-23(26-22)28(2)3)17-7-5-9-20(24)11-17/h5,7,9,11-13,18H,6,8,10,14-15H2,1-4H3/t18-/m0/s1. The molecule has 0 N–H and O–H groups in total. The second kappa shape index (κ2) is 8.52. The molecule has 7 heteroatoms. The molecule has 30 heavy (non-hydrogen) atoms. The fraction of sp³-hybridized carbons (Fsp3) is 0.435. The molecule has 1 fully saturated rings. The number of hydrogen-bond donors (Lipinski definition) is 0. The van der Waals surface area contributed by atoms with Gasteiger partial charge in [-0.15, -0.1) is 0 Å². The molecular formula is C23H29FN6. The van der Waals surface area contributed by atoms with Crippen molar-refractivity contribution in [3.8, 4) is 11.1 Å². The van der Waals surface area contributed by atoms with Crippen LogP contribution in [0.5, 0.6) is 0 Å². The molecule has 0 unspecified atom stereocenters. The van der Waals surface area contributed by atoms with Gasteiger partial charge in [0.2, 0.25) is 5.95 Å². The van der Waals surface area contributed by atoms with E-state index < -0.39 is 0 Å². The molecule has 3 aromatic rings. The maximum Gasteiger partial charge on any atom is 0.225 e. The molecule has 1 aliphatic rings. The molecule has 2 aromatic heterocycles. The Morgan fingerprint density at radius 2 is 2.10 bits per heavy atom. The van der Waals surface area contributed by atoms with Crippen molar-refractivity contribution in [2.75, 3.05) is 32.1 Å². The summed E-state index contributed by atoms with van der Waals surface area (Å²) in [4.78, 5) is 13.8. The van der Waals surface area contributed by atoms with Gasteiger partial charge in [0, 0.05) is 63.7 Å². The Hall–Kier alpha value is -2.80. The zero-order valence-electron chi connectivity index (χ0n) is 18.1. The van der Waals surface area contributed by atoms with Gasteiger partial charge in [0.15, 0.2) is 0 Å². The first kappa shape index (κ1) is 20.5. The third-order valence-corrected chi connectivity index (χ3v) is 5.74. The Balaban J connectivity index is 1.65. The highest BCUT2D eigenvalue weighted by atomic mass is 19.1. The molecule has 3 heterocycles. The number of aryl methyl sites for hydroxylation is 2. The molecule has 1 aromatic carbocycles. The van der Waals surface area contributed by atoms with Crippen LogP contribution in [0.4, 0.5) is 10.3 Å². The van der Waals surface area contributed by atoms with E-state index >= 15 is 0 Å². The van der Waals surface area contributed by atoms with Gasteiger partial charge in [-0.3, -0.25) is 9.58 Å². The summed E-state index contributed by atoms with van der Waals surface area (Å²) in [7, 11) is 5.85. The highest BCUT2D eigenvalue weighted by Crippen LogP contribution is 2.34. The van der Waals surface area contributed by atoms with Crippen LogP contribution in [0, 0.1) is 12.7 Å². The summed E-state index contributed by atoms with van der Waals surface area (Å²) in [5, 5.41) is 4.48. The van der Waals surface area contributed by atoms with Crippen molar-refractivity contribution in [1.29, 1.82) is 0 Å². The van der Waals surface area contributed by atoms with Gasteiger partial charge in [-0.2, -0.15) is 5.10 Å². The Bertz CT molecular complexity index is 1030. The third kappa shape index (κ3) is 4.36. The number of benzene rings is 1. The van der Waals surface area contributed by atoms with Gasteiger partial charge < -0.3 is 4.90 Å². The quantitative estimate of drug-likeness (QED) is 0.643. The highest BCUT2D eigenvalue weighted by Gasteiger charge is 2.26. The van der Waals surface area contributed by atoms with Crippen LogP contribution in [0.3, 0.4) is 0 Å². The van der Waals surface area contributed by atoms with Gasteiger partial charge in [-0.25, -0.2) is 14.4 Å². The molecule has 1 aliphatic heterocycles. The van der Waals surface area contributed by atoms with Crippen LogP contribution in [-0.2, 0) is 13.6 Å². The lowest BCUT2D eigenvalue weighted by atomic mass is 9.89. The summed E-state index contributed by atoms with van der Waals surface area (Å²) in [6.45, 7) is 4.93. The molecule has 0 amide bonds. The molecule has 1 saturated heterocycles. The van der Waals surface area contributed by atoms with Crippen molar-refractivity contribution < 1.29 is 4.39 Å². The maximum absolute atomic E-state index is 13.9. The molecule has 4 rings (SSSR count). The van der Waals surface area contributed by atoms with Gasteiger partial charge in [-0.1, -0.05) is 12.1 Å². The number of nitrogens with zero attached hydrogens (tertiary/aromatic N) is 6. The van der Waals surface area contributed by atoms with E-state index in [4.69, 9.17) is 4.98 Å². The van der Waals surface area contributed by atoms with E-state index in [9.17, 15) is 4.39 Å². The zero-order chi connectivity index (χ0) is 21.3. The van der Waals surface area contributed by atoms with Crippen molar-refractivity contribution in [3.63, 3.8) is 0 Å². The van der Waals surface area contributed by atoms with Crippen LogP contribution in [0.1, 0.15) is 35.7 Å². The smallest absolute Gasteiger partial charge is 0.225 e. The van der Waals surface area contributed by atoms with Crippen LogP contribution < -0.4 is 4.90 Å². The molecule has 0 bridgehead atoms. The lowest BCUT2D eigenvalue weighted by molar-refractivity contribution is 0.198. The monoisotopic (exact) mass is 408 g/mol. The Morgan fingerprint density at radius 3 is 2.80 bits per heavy atom. The molecule has 1 atom stereocenters. The first-order valence-electron chi connectivity index (χ1n) is 10.4. The molecule has 158 valence electrons. The fourth-order valence-electron chi connectivity index (χ4n) is 4.26. The summed E-state index contributed by atoms with van der Waals surface area (Å²) in [5.41, 5.74) is 5.10. The van der Waals surface area contributed by atoms with Crippen LogP contribution in [0.25, 0.3) is 11.1 Å². The van der Waals surface area contributed by atoms with Crippen LogP contribution in [-0.4, -0.2) is 51.8 Å². The summed E-state index contributed by atoms with van der Waals surface area (Å²) >= 11 is 0. The van der Waals surface area contributed by atoms with Gasteiger partial charge >= 0.3 is 0 Å². The topological polar surface area (TPSA) is 50.1 Å². The minimum atomic E-state index is -0.243. The summed E-state index contributed by atoms with van der Waals surface area (Å²) in [5.74, 6) is 0.716. The predicted molar refractivity (Wildman–Crippen MR) is 117 cm³/mol. The number of rotatable bonds is 5. The van der Waals surface area contributed by atoms with Gasteiger partial charge in [0.1, 0.15) is 5.82 Å². The van der Waals surface area contributed by atoms with E-state index in [-0.39, 0.29) is 11.7 Å². The second-order valence-electron chi connectivity index (χ2n) is 8.36. The Kier molecular flexibility index (Phi) is 5.81. The molecule has 0 saturated carbocycles. The average Bonchev–Trinajstić information content (AvgIpc) is 3.04. The van der Waals surface area contributed by atoms with Gasteiger partial charge in [-0.05, 0) is 44.0 Å².